The van der Waals surface area contributed by atoms with Crippen LogP contribution in [0.3, 0.4) is 0 Å². The standard InChI is InChI=1S/C10H16N.Cl3I.ClH/c1-11(2,3)9-10-7-5-4-6-8-10;1-4(2)3;/h4-8H,9H2,1-3H3;;1H/q+1;;/p-1. The minimum absolute atomic E-state index is 0. The van der Waals surface area contributed by atoms with E-state index in [2.05, 4.69) is 51.5 Å². The molecule has 0 fully saturated rings. The van der Waals surface area contributed by atoms with Crippen molar-refractivity contribution in [1.82, 2.24) is 0 Å². The van der Waals surface area contributed by atoms with E-state index in [4.69, 9.17) is 26.7 Å². The zero-order valence-electron chi connectivity index (χ0n) is 9.43. The summed E-state index contributed by atoms with van der Waals surface area (Å²) in [5.41, 5.74) is 1.40. The largest absolute Gasteiger partial charge is 1.00 e. The molecule has 0 N–H and O–H groups in total. The molecule has 0 radical (unpaired) electrons. The first kappa shape index (κ1) is 19.4. The third-order valence-corrected chi connectivity index (χ3v) is 1.50. The fraction of sp³-hybridized carbons (Fsp3) is 0.400. The number of hydrogen-bond acceptors (Lipinski definition) is 0. The molecule has 0 amide bonds. The van der Waals surface area contributed by atoms with E-state index < -0.39 is 16.4 Å². The van der Waals surface area contributed by atoms with Gasteiger partial charge in [0.1, 0.15) is 6.54 Å². The zero-order chi connectivity index (χ0) is 11.9. The summed E-state index contributed by atoms with van der Waals surface area (Å²) in [6.45, 7) is 1.10. The van der Waals surface area contributed by atoms with Gasteiger partial charge < -0.3 is 16.9 Å². The molecule has 0 saturated carbocycles. The van der Waals surface area contributed by atoms with Crippen LogP contribution in [0, 0.1) is 0 Å². The number of rotatable bonds is 2. The SMILES string of the molecule is C[N+](C)(C)Cc1ccccc1.ClI(Cl)Cl.[Cl-]. The first-order valence-corrected chi connectivity index (χ1v) is 12.5. The average molecular weight is 419 g/mol. The molecule has 1 rings (SSSR count). The normalized spacial score (nSPS) is 10.8. The molecule has 0 heterocycles. The Balaban J connectivity index is 0. The predicted molar refractivity (Wildman–Crippen MR) is 79.8 cm³/mol. The van der Waals surface area contributed by atoms with E-state index in [9.17, 15) is 0 Å². The Bertz CT molecular complexity index is 259. The molecule has 0 atom stereocenters. The fourth-order valence-electron chi connectivity index (χ4n) is 1.13. The van der Waals surface area contributed by atoms with Crippen molar-refractivity contribution < 1.29 is 16.9 Å². The summed E-state index contributed by atoms with van der Waals surface area (Å²) in [6, 6.07) is 10.6. The van der Waals surface area contributed by atoms with Gasteiger partial charge in [0.2, 0.25) is 0 Å². The summed E-state index contributed by atoms with van der Waals surface area (Å²) in [7, 11) is 21.5. The van der Waals surface area contributed by atoms with Gasteiger partial charge in [0, 0.05) is 5.56 Å². The van der Waals surface area contributed by atoms with Gasteiger partial charge in [0.15, 0.2) is 0 Å². The Morgan fingerprint density at radius 2 is 1.38 bits per heavy atom. The van der Waals surface area contributed by atoms with Gasteiger partial charge in [-0.25, -0.2) is 0 Å². The average Bonchev–Trinajstić information content (AvgIpc) is 2.01. The van der Waals surface area contributed by atoms with Crippen molar-refractivity contribution in [3.8, 4) is 0 Å². The molecule has 1 aromatic carbocycles. The summed E-state index contributed by atoms with van der Waals surface area (Å²) in [5, 5.41) is 0. The third kappa shape index (κ3) is 15.1. The molecule has 0 spiro atoms. The Labute approximate surface area is 123 Å². The monoisotopic (exact) mass is 417 g/mol. The molecular formula is C10H16Cl4IN. The Hall–Kier alpha value is 1.07. The van der Waals surface area contributed by atoms with Crippen LogP contribution in [0.5, 0.6) is 0 Å². The molecule has 0 unspecified atom stereocenters. The Morgan fingerprint density at radius 3 is 1.69 bits per heavy atom. The van der Waals surface area contributed by atoms with Crippen molar-refractivity contribution >= 4 is 43.2 Å². The van der Waals surface area contributed by atoms with Gasteiger partial charge in [-0.2, -0.15) is 0 Å². The van der Waals surface area contributed by atoms with E-state index in [-0.39, 0.29) is 12.4 Å². The van der Waals surface area contributed by atoms with Crippen LogP contribution in [0.2, 0.25) is 0 Å². The Kier molecular flexibility index (Phi) is 12.2. The summed E-state index contributed by atoms with van der Waals surface area (Å²) in [4.78, 5) is 0. The van der Waals surface area contributed by atoms with Gasteiger partial charge in [-0.15, -0.1) is 0 Å². The quantitative estimate of drug-likeness (QED) is 0.508. The van der Waals surface area contributed by atoms with Gasteiger partial charge in [-0.05, 0) is 0 Å². The van der Waals surface area contributed by atoms with Crippen LogP contribution in [-0.4, -0.2) is 25.6 Å². The van der Waals surface area contributed by atoms with Crippen molar-refractivity contribution in [3.05, 3.63) is 35.9 Å². The van der Waals surface area contributed by atoms with Gasteiger partial charge >= 0.3 is 43.2 Å². The maximum Gasteiger partial charge on any atom is -1.00 e. The molecule has 0 saturated heterocycles. The molecule has 0 aliphatic carbocycles. The third-order valence-electron chi connectivity index (χ3n) is 1.50. The molecule has 0 aliphatic rings. The summed E-state index contributed by atoms with van der Waals surface area (Å²) in [5.74, 6) is 0. The van der Waals surface area contributed by atoms with Crippen molar-refractivity contribution in [2.24, 2.45) is 0 Å². The van der Waals surface area contributed by atoms with E-state index in [1.165, 1.54) is 5.56 Å². The maximum absolute atomic E-state index is 4.96. The fourth-order valence-corrected chi connectivity index (χ4v) is 1.13. The van der Waals surface area contributed by atoms with Crippen LogP contribution >= 0.6 is 43.2 Å². The van der Waals surface area contributed by atoms with Crippen LogP contribution in [0.25, 0.3) is 0 Å². The van der Waals surface area contributed by atoms with Gasteiger partial charge in [-0.1, -0.05) is 30.3 Å². The molecule has 96 valence electrons. The van der Waals surface area contributed by atoms with Crippen molar-refractivity contribution in [2.75, 3.05) is 21.1 Å². The van der Waals surface area contributed by atoms with Crippen LogP contribution in [-0.2, 0) is 6.54 Å². The molecule has 0 bridgehead atoms. The van der Waals surface area contributed by atoms with E-state index in [1.54, 1.807) is 0 Å². The number of halogens is 5. The first-order chi connectivity index (χ1) is 6.81. The minimum atomic E-state index is -1.85. The van der Waals surface area contributed by atoms with E-state index >= 15 is 0 Å². The second-order valence-electron chi connectivity index (χ2n) is 4.10. The molecule has 16 heavy (non-hydrogen) atoms. The van der Waals surface area contributed by atoms with Gasteiger partial charge in [0.05, 0.1) is 21.1 Å². The van der Waals surface area contributed by atoms with Gasteiger partial charge in [-0.3, -0.25) is 0 Å². The predicted octanol–water partition coefficient (Wildman–Crippen LogP) is 1.85. The second kappa shape index (κ2) is 10.0. The molecule has 0 aliphatic heterocycles. The number of quaternary nitrogens is 1. The second-order valence-corrected chi connectivity index (χ2v) is 13.7. The van der Waals surface area contributed by atoms with Crippen molar-refractivity contribution in [2.45, 2.75) is 6.54 Å². The topological polar surface area (TPSA) is 0 Å². The maximum atomic E-state index is 4.96. The van der Waals surface area contributed by atoms with E-state index in [0.717, 1.165) is 11.0 Å². The molecule has 6 heteroatoms. The van der Waals surface area contributed by atoms with Crippen molar-refractivity contribution in [1.29, 1.82) is 0 Å². The van der Waals surface area contributed by atoms with Crippen molar-refractivity contribution in [3.63, 3.8) is 0 Å². The number of nitrogens with zero attached hydrogens (tertiary/aromatic N) is 1. The van der Waals surface area contributed by atoms with Crippen LogP contribution < -0.4 is 12.4 Å². The number of benzene rings is 1. The summed E-state index contributed by atoms with van der Waals surface area (Å²) in [6.07, 6.45) is 0. The molecule has 1 nitrogen and oxygen atoms in total. The number of hydrogen-bond donors (Lipinski definition) is 0. The van der Waals surface area contributed by atoms with E-state index in [1.807, 2.05) is 0 Å². The minimum Gasteiger partial charge on any atom is -1.00 e. The molecule has 1 aromatic rings. The smallest absolute Gasteiger partial charge is 1.00 e. The van der Waals surface area contributed by atoms with E-state index in [0.29, 0.717) is 0 Å². The summed E-state index contributed by atoms with van der Waals surface area (Å²) < 4.78 is 0.990. The summed E-state index contributed by atoms with van der Waals surface area (Å²) >= 11 is -1.85. The Morgan fingerprint density at radius 1 is 1.00 bits per heavy atom. The molecule has 0 aromatic heterocycles. The van der Waals surface area contributed by atoms with Crippen LogP contribution in [0.1, 0.15) is 5.56 Å². The first-order valence-electron chi connectivity index (χ1n) is 4.35. The van der Waals surface area contributed by atoms with Crippen LogP contribution in [0.15, 0.2) is 30.3 Å². The van der Waals surface area contributed by atoms with Crippen LogP contribution in [0.4, 0.5) is 0 Å². The van der Waals surface area contributed by atoms with Gasteiger partial charge in [0.25, 0.3) is 0 Å². The zero-order valence-corrected chi connectivity index (χ0v) is 14.6. The molecular weight excluding hydrogens is 403 g/mol.